The lowest BCUT2D eigenvalue weighted by molar-refractivity contribution is -0.146. The van der Waals surface area contributed by atoms with E-state index in [1.165, 1.54) is 20.1 Å². The molecule has 4 rings (SSSR count). The Kier molecular flexibility index (Phi) is 9.86. The van der Waals surface area contributed by atoms with Crippen LogP contribution in [0.5, 0.6) is 5.75 Å². The van der Waals surface area contributed by atoms with Crippen molar-refractivity contribution >= 4 is 24.2 Å². The van der Waals surface area contributed by atoms with Crippen LogP contribution in [0, 0.1) is 0 Å². The number of nitrogens with one attached hydrogen (secondary N) is 2. The highest BCUT2D eigenvalue weighted by molar-refractivity contribution is 5.85. The zero-order valence-corrected chi connectivity index (χ0v) is 22.1. The summed E-state index contributed by atoms with van der Waals surface area (Å²) in [5.41, 5.74) is 1.83. The molecule has 1 aromatic heterocycles. The van der Waals surface area contributed by atoms with E-state index in [0.29, 0.717) is 42.0 Å². The molecule has 2 heterocycles. The lowest BCUT2D eigenvalue weighted by Crippen LogP contribution is -2.51. The maximum absolute atomic E-state index is 13.3. The van der Waals surface area contributed by atoms with Gasteiger partial charge in [0.05, 0.1) is 19.3 Å². The van der Waals surface area contributed by atoms with Crippen LogP contribution in [0.15, 0.2) is 48.5 Å². The molecule has 3 aromatic rings. The number of nitrogens with zero attached hydrogens (tertiary/aromatic N) is 5. The van der Waals surface area contributed by atoms with Gasteiger partial charge in [0.2, 0.25) is 11.8 Å². The van der Waals surface area contributed by atoms with Crippen molar-refractivity contribution in [3.05, 3.63) is 65.5 Å². The third-order valence-electron chi connectivity index (χ3n) is 6.47. The Morgan fingerprint density at radius 2 is 1.90 bits per heavy atom. The molecule has 1 fully saturated rings. The van der Waals surface area contributed by atoms with E-state index in [4.69, 9.17) is 4.74 Å². The minimum Gasteiger partial charge on any atom is -0.496 e. The van der Waals surface area contributed by atoms with Crippen molar-refractivity contribution in [1.29, 1.82) is 0 Å². The number of hydrogen-bond donors (Lipinski definition) is 2. The van der Waals surface area contributed by atoms with Gasteiger partial charge in [-0.05, 0) is 40.6 Å². The maximum Gasteiger partial charge on any atom is 0.453 e. The fourth-order valence-corrected chi connectivity index (χ4v) is 4.59. The third kappa shape index (κ3) is 7.24. The summed E-state index contributed by atoms with van der Waals surface area (Å²) in [6.07, 6.45) is -4.07. The second-order valence-corrected chi connectivity index (χ2v) is 8.95. The summed E-state index contributed by atoms with van der Waals surface area (Å²) in [4.78, 5) is 25.6. The van der Waals surface area contributed by atoms with Gasteiger partial charge in [0.1, 0.15) is 5.75 Å². The van der Waals surface area contributed by atoms with Gasteiger partial charge >= 0.3 is 6.18 Å². The second kappa shape index (κ2) is 12.9. The normalized spacial score (nSPS) is 17.3. The van der Waals surface area contributed by atoms with Crippen LogP contribution in [0.2, 0.25) is 0 Å². The van der Waals surface area contributed by atoms with Gasteiger partial charge in [0.15, 0.2) is 0 Å². The number of hydrogen-bond acceptors (Lipinski definition) is 7. The van der Waals surface area contributed by atoms with Gasteiger partial charge in [-0.3, -0.25) is 9.59 Å². The largest absolute Gasteiger partial charge is 0.496 e. The fraction of sp³-hybridized carbons (Fsp3) is 0.400. The minimum absolute atomic E-state index is 0. The van der Waals surface area contributed by atoms with Gasteiger partial charge in [-0.15, -0.1) is 17.5 Å². The van der Waals surface area contributed by atoms with Gasteiger partial charge < -0.3 is 20.3 Å². The van der Waals surface area contributed by atoms with Crippen molar-refractivity contribution in [3.8, 4) is 11.4 Å². The van der Waals surface area contributed by atoms with Crippen LogP contribution >= 0.6 is 12.4 Å². The van der Waals surface area contributed by atoms with Gasteiger partial charge in [-0.25, -0.2) is 0 Å². The summed E-state index contributed by atoms with van der Waals surface area (Å²) in [5.74, 6) is -1.19. The van der Waals surface area contributed by atoms with Gasteiger partial charge in [-0.1, -0.05) is 30.3 Å². The van der Waals surface area contributed by atoms with Crippen LogP contribution in [0.3, 0.4) is 0 Å². The van der Waals surface area contributed by atoms with Crippen LogP contribution in [-0.2, 0) is 22.3 Å². The topological polar surface area (TPSA) is 114 Å². The quantitative estimate of drug-likeness (QED) is 0.430. The van der Waals surface area contributed by atoms with E-state index in [2.05, 4.69) is 26.2 Å². The molecule has 10 nitrogen and oxygen atoms in total. The first-order valence-corrected chi connectivity index (χ1v) is 12.0. The number of tetrazole rings is 1. The highest BCUT2D eigenvalue weighted by Gasteiger charge is 2.38. The number of amides is 2. The van der Waals surface area contributed by atoms with Crippen LogP contribution < -0.4 is 15.4 Å². The minimum atomic E-state index is -4.71. The molecule has 0 unspecified atom stereocenters. The Morgan fingerprint density at radius 3 is 2.56 bits per heavy atom. The lowest BCUT2D eigenvalue weighted by Gasteiger charge is -2.39. The van der Waals surface area contributed by atoms with E-state index in [1.54, 1.807) is 17.0 Å². The lowest BCUT2D eigenvalue weighted by atomic mass is 9.85. The summed E-state index contributed by atoms with van der Waals surface area (Å²) in [6.45, 7) is 2.56. The number of carbonyl (C=O) groups excluding carboxylic acids is 2. The monoisotopic (exact) mass is 567 g/mol. The van der Waals surface area contributed by atoms with Gasteiger partial charge in [-0.2, -0.15) is 17.9 Å². The molecule has 14 heteroatoms. The molecule has 0 radical (unpaired) electrons. The number of piperidine rings is 1. The Hall–Kier alpha value is -3.71. The van der Waals surface area contributed by atoms with E-state index in [1.807, 2.05) is 30.3 Å². The molecule has 39 heavy (non-hydrogen) atoms. The molecular weight excluding hydrogens is 539 g/mol. The van der Waals surface area contributed by atoms with Crippen molar-refractivity contribution in [2.24, 2.45) is 0 Å². The summed E-state index contributed by atoms with van der Waals surface area (Å²) in [7, 11) is 1.49. The van der Waals surface area contributed by atoms with Crippen molar-refractivity contribution < 1.29 is 27.5 Å². The number of ether oxygens (including phenoxy) is 1. The zero-order chi connectivity index (χ0) is 27.3. The second-order valence-electron chi connectivity index (χ2n) is 8.95. The number of likely N-dealkylation sites (tertiary alicyclic amines) is 1. The molecule has 0 aliphatic carbocycles. The van der Waals surface area contributed by atoms with Gasteiger partial charge in [0.25, 0.3) is 5.82 Å². The van der Waals surface area contributed by atoms with Crippen molar-refractivity contribution in [2.45, 2.75) is 38.0 Å². The zero-order valence-electron chi connectivity index (χ0n) is 21.3. The molecule has 2 amide bonds. The number of rotatable bonds is 8. The summed E-state index contributed by atoms with van der Waals surface area (Å²) >= 11 is 0. The average molecular weight is 568 g/mol. The average Bonchev–Trinajstić information content (AvgIpc) is 3.42. The third-order valence-corrected chi connectivity index (χ3v) is 6.47. The first-order valence-electron chi connectivity index (χ1n) is 12.0. The van der Waals surface area contributed by atoms with Crippen LogP contribution in [-0.4, -0.2) is 69.7 Å². The molecule has 1 aliphatic heterocycles. The van der Waals surface area contributed by atoms with E-state index in [9.17, 15) is 22.8 Å². The highest BCUT2D eigenvalue weighted by atomic mass is 35.5. The predicted molar refractivity (Wildman–Crippen MR) is 138 cm³/mol. The number of aromatic nitrogens is 4. The van der Waals surface area contributed by atoms with Crippen LogP contribution in [0.4, 0.5) is 13.2 Å². The highest BCUT2D eigenvalue weighted by Crippen LogP contribution is 2.31. The molecule has 0 saturated carbocycles. The molecule has 2 atom stereocenters. The summed E-state index contributed by atoms with van der Waals surface area (Å²) in [5, 5.41) is 15.9. The molecule has 0 spiro atoms. The van der Waals surface area contributed by atoms with E-state index < -0.39 is 12.0 Å². The predicted octanol–water partition coefficient (Wildman–Crippen LogP) is 2.72. The first-order chi connectivity index (χ1) is 18.2. The van der Waals surface area contributed by atoms with Gasteiger partial charge in [0, 0.05) is 44.1 Å². The molecule has 1 saturated heterocycles. The molecule has 0 bridgehead atoms. The van der Waals surface area contributed by atoms with E-state index in [-0.39, 0.29) is 48.4 Å². The number of alkyl halides is 3. The number of halogens is 4. The molecular formula is C25H29ClF3N7O3. The molecule has 210 valence electrons. The van der Waals surface area contributed by atoms with Crippen molar-refractivity contribution in [1.82, 2.24) is 35.7 Å². The molecule has 2 N–H and O–H groups in total. The maximum atomic E-state index is 13.3. The Balaban J connectivity index is 0.00000420. The smallest absolute Gasteiger partial charge is 0.453 e. The summed E-state index contributed by atoms with van der Waals surface area (Å²) in [6, 6.07) is 14.3. The number of carbonyl (C=O) groups is 2. The van der Waals surface area contributed by atoms with Crippen LogP contribution in [0.25, 0.3) is 5.69 Å². The Bertz CT molecular complexity index is 1270. The van der Waals surface area contributed by atoms with Crippen molar-refractivity contribution in [3.63, 3.8) is 0 Å². The van der Waals surface area contributed by atoms with Crippen molar-refractivity contribution in [2.75, 3.05) is 26.7 Å². The number of methoxy groups -OCH3 is 1. The van der Waals surface area contributed by atoms with E-state index in [0.717, 1.165) is 5.56 Å². The Morgan fingerprint density at radius 1 is 1.15 bits per heavy atom. The molecule has 1 aliphatic rings. The molecule has 2 aromatic carbocycles. The number of benzene rings is 2. The van der Waals surface area contributed by atoms with Crippen LogP contribution in [0.1, 0.15) is 36.2 Å². The SMILES string of the molecule is COc1ccc(-n2nnnc2C(F)(F)F)cc1CN[C@@H]1CCN(C(=O)CNC(C)=O)C[C@H]1c1ccccc1.Cl. The fourth-order valence-electron chi connectivity index (χ4n) is 4.59. The standard InChI is InChI=1S/C25H28F3N7O3.ClH/c1-16(36)29-14-23(37)34-11-10-21(20(15-34)17-6-4-3-5-7-17)30-13-18-12-19(8-9-22(18)38-2)35-24(25(26,27)28)31-32-33-35;/h3-9,12,20-21,30H,10-11,13-15H2,1-2H3,(H,29,36);1H/t20-,21+;/m0./s1. The van der Waals surface area contributed by atoms with E-state index >= 15 is 0 Å². The summed E-state index contributed by atoms with van der Waals surface area (Å²) < 4.78 is 46.1. The Labute approximate surface area is 229 Å². The first kappa shape index (κ1) is 29.8.